The second-order valence-corrected chi connectivity index (χ2v) is 6.34. The third-order valence-corrected chi connectivity index (χ3v) is 4.70. The fraction of sp³-hybridized carbons (Fsp3) is 0. The van der Waals surface area contributed by atoms with Crippen LogP contribution in [0.5, 0.6) is 0 Å². The molecule has 0 radical (unpaired) electrons. The van der Waals surface area contributed by atoms with Gasteiger partial charge in [-0.3, -0.25) is 9.89 Å². The molecule has 0 aliphatic heterocycles. The highest BCUT2D eigenvalue weighted by Gasteiger charge is 2.16. The number of rotatable bonds is 3. The van der Waals surface area contributed by atoms with Gasteiger partial charge in [-0.1, -0.05) is 12.1 Å². The van der Waals surface area contributed by atoms with Crippen LogP contribution in [-0.4, -0.2) is 16.1 Å². The summed E-state index contributed by atoms with van der Waals surface area (Å²) in [5.74, 6) is -2.05. The Morgan fingerprint density at radius 2 is 2.00 bits per heavy atom. The Hall–Kier alpha value is -3.06. The highest BCUT2D eigenvalue weighted by atomic mass is 32.1. The zero-order valence-electron chi connectivity index (χ0n) is 12.7. The van der Waals surface area contributed by atoms with E-state index in [2.05, 4.69) is 15.5 Å². The number of anilines is 1. The molecular weight excluding hydrogens is 344 g/mol. The predicted molar refractivity (Wildman–Crippen MR) is 93.7 cm³/mol. The summed E-state index contributed by atoms with van der Waals surface area (Å²) in [6.07, 6.45) is 0. The van der Waals surface area contributed by atoms with E-state index in [0.29, 0.717) is 17.3 Å². The van der Waals surface area contributed by atoms with Crippen LogP contribution in [0.25, 0.3) is 21.3 Å². The number of nitrogens with one attached hydrogen (secondary N) is 2. The van der Waals surface area contributed by atoms with Crippen molar-refractivity contribution in [2.75, 3.05) is 5.32 Å². The number of hydrogen-bond donors (Lipinski definition) is 2. The van der Waals surface area contributed by atoms with E-state index in [1.54, 1.807) is 11.3 Å². The third kappa shape index (κ3) is 2.89. The van der Waals surface area contributed by atoms with E-state index in [0.717, 1.165) is 28.1 Å². The number of amides is 1. The fourth-order valence-electron chi connectivity index (χ4n) is 2.56. The predicted octanol–water partition coefficient (Wildman–Crippen LogP) is 4.82. The maximum Gasteiger partial charge on any atom is 0.259 e. The molecule has 0 atom stereocenters. The highest BCUT2D eigenvalue weighted by molar-refractivity contribution is 7.13. The summed E-state index contributed by atoms with van der Waals surface area (Å²) in [6, 6.07) is 12.5. The molecule has 0 unspecified atom stereocenters. The summed E-state index contributed by atoms with van der Waals surface area (Å²) in [5, 5.41) is 12.2. The van der Waals surface area contributed by atoms with E-state index in [4.69, 9.17) is 0 Å². The van der Waals surface area contributed by atoms with Gasteiger partial charge < -0.3 is 5.32 Å². The van der Waals surface area contributed by atoms with Crippen molar-refractivity contribution in [1.82, 2.24) is 10.2 Å². The van der Waals surface area contributed by atoms with Gasteiger partial charge in [-0.2, -0.15) is 5.10 Å². The lowest BCUT2D eigenvalue weighted by Gasteiger charge is -2.04. The third-order valence-electron chi connectivity index (χ3n) is 3.78. The molecule has 2 N–H and O–H groups in total. The minimum absolute atomic E-state index is 0.243. The molecule has 1 amide bonds. The number of nitrogens with zero attached hydrogens (tertiary/aromatic N) is 1. The first-order valence-corrected chi connectivity index (χ1v) is 8.28. The molecule has 4 rings (SSSR count). The van der Waals surface area contributed by atoms with E-state index >= 15 is 0 Å². The minimum atomic E-state index is -0.919. The van der Waals surface area contributed by atoms with E-state index < -0.39 is 17.5 Å². The molecule has 0 bridgehead atoms. The number of fused-ring (bicyclic) bond motifs is 1. The van der Waals surface area contributed by atoms with Crippen LogP contribution in [-0.2, 0) is 0 Å². The molecule has 2 heterocycles. The van der Waals surface area contributed by atoms with Crippen molar-refractivity contribution in [3.63, 3.8) is 0 Å². The Kier molecular flexibility index (Phi) is 3.77. The van der Waals surface area contributed by atoms with Crippen molar-refractivity contribution in [1.29, 1.82) is 0 Å². The molecule has 0 aliphatic carbocycles. The van der Waals surface area contributed by atoms with Crippen molar-refractivity contribution in [3.05, 3.63) is 71.1 Å². The number of carbonyl (C=O) groups is 1. The van der Waals surface area contributed by atoms with Gasteiger partial charge >= 0.3 is 0 Å². The molecule has 0 aliphatic rings. The normalized spacial score (nSPS) is 11.0. The molecule has 25 heavy (non-hydrogen) atoms. The van der Waals surface area contributed by atoms with Crippen molar-refractivity contribution < 1.29 is 13.6 Å². The Morgan fingerprint density at radius 3 is 2.76 bits per heavy atom. The van der Waals surface area contributed by atoms with Gasteiger partial charge in [-0.25, -0.2) is 8.78 Å². The maximum absolute atomic E-state index is 13.7. The number of carbonyl (C=O) groups excluding carboxylic acids is 1. The van der Waals surface area contributed by atoms with Gasteiger partial charge in [0.15, 0.2) is 5.82 Å². The first kappa shape index (κ1) is 15.5. The number of thiophene rings is 1. The molecular formula is C18H11F2N3OS. The van der Waals surface area contributed by atoms with Gasteiger partial charge in [0, 0.05) is 16.3 Å². The summed E-state index contributed by atoms with van der Waals surface area (Å²) < 4.78 is 26.7. The van der Waals surface area contributed by atoms with Crippen LogP contribution in [0.2, 0.25) is 0 Å². The molecule has 0 saturated carbocycles. The Bertz CT molecular complexity index is 1070. The standard InChI is InChI=1S/C18H11F2N3OS/c19-11-4-6-12(14(20)9-11)18(24)21-17-13-5-3-10(8-15(13)22-23-17)16-2-1-7-25-16/h1-9H,(H2,21,22,23,24). The Morgan fingerprint density at radius 1 is 1.12 bits per heavy atom. The fourth-order valence-corrected chi connectivity index (χ4v) is 3.28. The average molecular weight is 355 g/mol. The summed E-state index contributed by atoms with van der Waals surface area (Å²) in [5.41, 5.74) is 1.54. The maximum atomic E-state index is 13.7. The van der Waals surface area contributed by atoms with Crippen LogP contribution in [0.1, 0.15) is 10.4 Å². The quantitative estimate of drug-likeness (QED) is 0.553. The molecule has 2 aromatic heterocycles. The van der Waals surface area contributed by atoms with Crippen LogP contribution < -0.4 is 5.32 Å². The van der Waals surface area contributed by atoms with E-state index in [1.807, 2.05) is 35.7 Å². The molecule has 4 nitrogen and oxygen atoms in total. The van der Waals surface area contributed by atoms with Crippen LogP contribution in [0.4, 0.5) is 14.6 Å². The minimum Gasteiger partial charge on any atom is -0.304 e. The van der Waals surface area contributed by atoms with Crippen molar-refractivity contribution in [3.8, 4) is 10.4 Å². The number of aromatic amines is 1. The zero-order valence-corrected chi connectivity index (χ0v) is 13.5. The summed E-state index contributed by atoms with van der Waals surface area (Å²) in [7, 11) is 0. The number of benzene rings is 2. The largest absolute Gasteiger partial charge is 0.304 e. The zero-order chi connectivity index (χ0) is 17.4. The second kappa shape index (κ2) is 6.10. The summed E-state index contributed by atoms with van der Waals surface area (Å²) in [4.78, 5) is 13.3. The summed E-state index contributed by atoms with van der Waals surface area (Å²) in [6.45, 7) is 0. The van der Waals surface area contributed by atoms with E-state index in [-0.39, 0.29) is 5.56 Å². The van der Waals surface area contributed by atoms with Gasteiger partial charge in [-0.15, -0.1) is 11.3 Å². The van der Waals surface area contributed by atoms with Crippen LogP contribution >= 0.6 is 11.3 Å². The molecule has 4 aromatic rings. The average Bonchev–Trinajstić information content (AvgIpc) is 3.24. The van der Waals surface area contributed by atoms with Crippen molar-refractivity contribution in [2.45, 2.75) is 0 Å². The molecule has 0 fully saturated rings. The first-order valence-electron chi connectivity index (χ1n) is 7.40. The molecule has 2 aromatic carbocycles. The SMILES string of the molecule is O=C(Nc1n[nH]c2cc(-c3cccs3)ccc12)c1ccc(F)cc1F. The lowest BCUT2D eigenvalue weighted by atomic mass is 10.1. The van der Waals surface area contributed by atoms with Crippen LogP contribution in [0.15, 0.2) is 53.9 Å². The second-order valence-electron chi connectivity index (χ2n) is 5.39. The molecule has 0 spiro atoms. The van der Waals surface area contributed by atoms with Gasteiger partial charge in [0.05, 0.1) is 11.1 Å². The number of halogens is 2. The summed E-state index contributed by atoms with van der Waals surface area (Å²) >= 11 is 1.63. The van der Waals surface area contributed by atoms with Gasteiger partial charge in [0.2, 0.25) is 0 Å². The lowest BCUT2D eigenvalue weighted by Crippen LogP contribution is -2.14. The van der Waals surface area contributed by atoms with Gasteiger partial charge in [0.1, 0.15) is 11.6 Å². The smallest absolute Gasteiger partial charge is 0.259 e. The van der Waals surface area contributed by atoms with Crippen LogP contribution in [0, 0.1) is 11.6 Å². The first-order chi connectivity index (χ1) is 12.1. The monoisotopic (exact) mass is 355 g/mol. The van der Waals surface area contributed by atoms with Gasteiger partial charge in [-0.05, 0) is 41.3 Å². The van der Waals surface area contributed by atoms with E-state index in [9.17, 15) is 13.6 Å². The Labute approximate surface area is 145 Å². The van der Waals surface area contributed by atoms with Crippen LogP contribution in [0.3, 0.4) is 0 Å². The van der Waals surface area contributed by atoms with Gasteiger partial charge in [0.25, 0.3) is 5.91 Å². The lowest BCUT2D eigenvalue weighted by molar-refractivity contribution is 0.102. The highest BCUT2D eigenvalue weighted by Crippen LogP contribution is 2.29. The van der Waals surface area contributed by atoms with Crippen molar-refractivity contribution in [2.24, 2.45) is 0 Å². The topological polar surface area (TPSA) is 57.8 Å². The molecule has 124 valence electrons. The number of H-pyrrole nitrogens is 1. The van der Waals surface area contributed by atoms with E-state index in [1.165, 1.54) is 0 Å². The number of aromatic nitrogens is 2. The number of hydrogen-bond acceptors (Lipinski definition) is 3. The molecule has 0 saturated heterocycles. The van der Waals surface area contributed by atoms with Crippen molar-refractivity contribution >= 4 is 34.0 Å². The molecule has 7 heteroatoms. The Balaban J connectivity index is 1.64.